The summed E-state index contributed by atoms with van der Waals surface area (Å²) >= 11 is 0. The third-order valence-corrected chi connectivity index (χ3v) is 7.61. The molecule has 0 bridgehead atoms. The fourth-order valence-electron chi connectivity index (χ4n) is 5.16. The summed E-state index contributed by atoms with van der Waals surface area (Å²) in [5.41, 5.74) is 5.14. The molecule has 2 amide bonds. The van der Waals surface area contributed by atoms with Gasteiger partial charge in [-0.05, 0) is 67.2 Å². The highest BCUT2D eigenvalue weighted by atomic mass is 16.2. The van der Waals surface area contributed by atoms with Crippen LogP contribution in [0.5, 0.6) is 0 Å². The van der Waals surface area contributed by atoms with E-state index in [1.54, 1.807) is 73.2 Å². The summed E-state index contributed by atoms with van der Waals surface area (Å²) in [6, 6.07) is 23.3. The molecule has 0 radical (unpaired) electrons. The summed E-state index contributed by atoms with van der Waals surface area (Å²) in [7, 11) is 2.14. The van der Waals surface area contributed by atoms with Crippen LogP contribution < -0.4 is 15.5 Å². The Kier molecular flexibility index (Phi) is 7.57. The third-order valence-electron chi connectivity index (χ3n) is 7.61. The highest BCUT2D eigenvalue weighted by molar-refractivity contribution is 6.15. The van der Waals surface area contributed by atoms with Crippen LogP contribution in [0.2, 0.25) is 0 Å². The summed E-state index contributed by atoms with van der Waals surface area (Å²) in [5, 5.41) is 5.70. The summed E-state index contributed by atoms with van der Waals surface area (Å²) < 4.78 is 0. The van der Waals surface area contributed by atoms with Crippen LogP contribution >= 0.6 is 0 Å². The number of rotatable bonds is 7. The molecule has 210 valence electrons. The number of carbonyl (C=O) groups excluding carboxylic acids is 3. The molecule has 9 heteroatoms. The summed E-state index contributed by atoms with van der Waals surface area (Å²) in [5.74, 6) is -1.24. The predicted molar refractivity (Wildman–Crippen MR) is 164 cm³/mol. The molecule has 1 fully saturated rings. The Bertz CT molecular complexity index is 1660. The number of aliphatic imine (C=N–C) groups is 1. The lowest BCUT2D eigenvalue weighted by atomic mass is 9.97. The van der Waals surface area contributed by atoms with Gasteiger partial charge in [-0.2, -0.15) is 0 Å². The van der Waals surface area contributed by atoms with Crippen molar-refractivity contribution in [3.8, 4) is 0 Å². The lowest BCUT2D eigenvalue weighted by Crippen LogP contribution is -2.44. The molecule has 9 nitrogen and oxygen atoms in total. The van der Waals surface area contributed by atoms with Gasteiger partial charge in [-0.3, -0.25) is 24.4 Å². The predicted octanol–water partition coefficient (Wildman–Crippen LogP) is 4.75. The number of benzene rings is 3. The molecule has 1 unspecified atom stereocenters. The van der Waals surface area contributed by atoms with E-state index in [0.717, 1.165) is 37.4 Å². The zero-order valence-electron chi connectivity index (χ0n) is 23.2. The Balaban J connectivity index is 1.14. The lowest BCUT2D eigenvalue weighted by Gasteiger charge is -2.34. The first kappa shape index (κ1) is 27.0. The van der Waals surface area contributed by atoms with Crippen LogP contribution in [-0.2, 0) is 4.79 Å². The second-order valence-corrected chi connectivity index (χ2v) is 10.5. The number of ketones is 1. The van der Waals surface area contributed by atoms with Crippen molar-refractivity contribution in [2.24, 2.45) is 4.99 Å². The Morgan fingerprint density at radius 3 is 2.40 bits per heavy atom. The van der Waals surface area contributed by atoms with Gasteiger partial charge in [0, 0.05) is 78.5 Å². The van der Waals surface area contributed by atoms with Crippen LogP contribution in [0.15, 0.2) is 96.2 Å². The van der Waals surface area contributed by atoms with Gasteiger partial charge in [0.15, 0.2) is 5.78 Å². The Morgan fingerprint density at radius 2 is 1.64 bits per heavy atom. The summed E-state index contributed by atoms with van der Waals surface area (Å²) in [6.45, 7) is 4.08. The third kappa shape index (κ3) is 5.82. The number of amides is 2. The molecule has 2 aliphatic heterocycles. The minimum absolute atomic E-state index is 0.187. The minimum atomic E-state index is -0.548. The van der Waals surface area contributed by atoms with Gasteiger partial charge in [0.25, 0.3) is 5.91 Å². The molecule has 3 heterocycles. The Hall–Kier alpha value is -5.15. The Labute approximate surface area is 243 Å². The average molecular weight is 559 g/mol. The van der Waals surface area contributed by atoms with Crippen LogP contribution in [0.1, 0.15) is 37.8 Å². The summed E-state index contributed by atoms with van der Waals surface area (Å²) in [6.07, 6.45) is 4.75. The molecule has 1 aromatic heterocycles. The largest absolute Gasteiger partial charge is 0.369 e. The van der Waals surface area contributed by atoms with E-state index in [-0.39, 0.29) is 17.6 Å². The van der Waals surface area contributed by atoms with Crippen molar-refractivity contribution in [2.45, 2.75) is 5.92 Å². The number of fused-ring (bicyclic) bond motifs is 1. The number of nitrogens with zero attached hydrogens (tertiary/aromatic N) is 4. The number of nitrogens with one attached hydrogen (secondary N) is 2. The summed E-state index contributed by atoms with van der Waals surface area (Å²) in [4.78, 5) is 51.8. The standard InChI is InChI=1S/C33H30N6O3/c1-38-15-17-39(18-16-38)27-8-6-25(7-9-27)35-21-29-28-10-5-24(20-30(28)37-33(29)42)31(40)23-3-2-4-26(19-23)36-32(41)22-11-13-34-14-12-22/h2-14,19-21,29H,15-18H2,1H3,(H,36,41)(H,37,42). The van der Waals surface area contributed by atoms with Gasteiger partial charge < -0.3 is 20.4 Å². The van der Waals surface area contributed by atoms with E-state index in [1.807, 2.05) is 12.1 Å². The number of hydrogen-bond acceptors (Lipinski definition) is 7. The monoisotopic (exact) mass is 558 g/mol. The molecule has 0 saturated carbocycles. The molecule has 4 aromatic rings. The van der Waals surface area contributed by atoms with Crippen molar-refractivity contribution in [1.82, 2.24) is 9.88 Å². The zero-order chi connectivity index (χ0) is 29.1. The molecule has 0 aliphatic carbocycles. The lowest BCUT2D eigenvalue weighted by molar-refractivity contribution is -0.115. The van der Waals surface area contributed by atoms with Crippen LogP contribution in [-0.4, -0.2) is 66.9 Å². The van der Waals surface area contributed by atoms with E-state index >= 15 is 0 Å². The van der Waals surface area contributed by atoms with Crippen LogP contribution in [0.3, 0.4) is 0 Å². The molecular formula is C33H30N6O3. The van der Waals surface area contributed by atoms with E-state index in [0.29, 0.717) is 28.1 Å². The highest BCUT2D eigenvalue weighted by Crippen LogP contribution is 2.33. The minimum Gasteiger partial charge on any atom is -0.369 e. The van der Waals surface area contributed by atoms with Crippen molar-refractivity contribution in [1.29, 1.82) is 0 Å². The second-order valence-electron chi connectivity index (χ2n) is 10.5. The first-order valence-corrected chi connectivity index (χ1v) is 13.8. The number of pyridine rings is 1. The molecule has 2 aliphatic rings. The number of anilines is 3. The van der Waals surface area contributed by atoms with Crippen molar-refractivity contribution in [2.75, 3.05) is 48.8 Å². The molecular weight excluding hydrogens is 528 g/mol. The second kappa shape index (κ2) is 11.8. The fraction of sp³-hybridized carbons (Fsp3) is 0.182. The van der Waals surface area contributed by atoms with Gasteiger partial charge >= 0.3 is 0 Å². The molecule has 6 rings (SSSR count). The van der Waals surface area contributed by atoms with E-state index < -0.39 is 5.92 Å². The molecule has 1 atom stereocenters. The first-order valence-electron chi connectivity index (χ1n) is 13.8. The normalized spacial score (nSPS) is 16.7. The van der Waals surface area contributed by atoms with Crippen LogP contribution in [0.4, 0.5) is 22.7 Å². The number of likely N-dealkylation sites (N-methyl/N-ethyl adjacent to an activating group) is 1. The van der Waals surface area contributed by atoms with Crippen molar-refractivity contribution < 1.29 is 14.4 Å². The molecule has 0 spiro atoms. The zero-order valence-corrected chi connectivity index (χ0v) is 23.2. The van der Waals surface area contributed by atoms with Crippen LogP contribution in [0.25, 0.3) is 0 Å². The molecule has 3 aromatic carbocycles. The molecule has 1 saturated heterocycles. The van der Waals surface area contributed by atoms with Gasteiger partial charge in [0.1, 0.15) is 5.92 Å². The maximum atomic E-state index is 13.3. The van der Waals surface area contributed by atoms with Gasteiger partial charge in [-0.15, -0.1) is 0 Å². The van der Waals surface area contributed by atoms with E-state index in [9.17, 15) is 14.4 Å². The number of aromatic nitrogens is 1. The van der Waals surface area contributed by atoms with Crippen molar-refractivity contribution in [3.63, 3.8) is 0 Å². The molecule has 2 N–H and O–H groups in total. The highest BCUT2D eigenvalue weighted by Gasteiger charge is 2.30. The maximum absolute atomic E-state index is 13.3. The topological polar surface area (TPSA) is 107 Å². The van der Waals surface area contributed by atoms with Crippen molar-refractivity contribution in [3.05, 3.63) is 114 Å². The van der Waals surface area contributed by atoms with Gasteiger partial charge in [0.2, 0.25) is 5.91 Å². The van der Waals surface area contributed by atoms with Crippen LogP contribution in [0, 0.1) is 0 Å². The van der Waals surface area contributed by atoms with Gasteiger partial charge in [0.05, 0.1) is 5.69 Å². The average Bonchev–Trinajstić information content (AvgIpc) is 3.34. The van der Waals surface area contributed by atoms with Crippen molar-refractivity contribution >= 4 is 46.6 Å². The Morgan fingerprint density at radius 1 is 0.905 bits per heavy atom. The van der Waals surface area contributed by atoms with E-state index in [1.165, 1.54) is 5.69 Å². The quantitative estimate of drug-likeness (QED) is 0.250. The SMILES string of the molecule is CN1CCN(c2ccc(N=CC3C(=O)Nc4cc(C(=O)c5cccc(NC(=O)c6ccncc6)c5)ccc43)cc2)CC1. The molecule has 42 heavy (non-hydrogen) atoms. The van der Waals surface area contributed by atoms with Gasteiger partial charge in [-0.1, -0.05) is 24.3 Å². The maximum Gasteiger partial charge on any atom is 0.255 e. The number of piperazine rings is 1. The first-order chi connectivity index (χ1) is 20.4. The smallest absolute Gasteiger partial charge is 0.255 e. The fourth-order valence-corrected chi connectivity index (χ4v) is 5.16. The number of carbonyl (C=O) groups is 3. The van der Waals surface area contributed by atoms with E-state index in [2.05, 4.69) is 49.6 Å². The van der Waals surface area contributed by atoms with Gasteiger partial charge in [-0.25, -0.2) is 0 Å². The van der Waals surface area contributed by atoms with E-state index in [4.69, 9.17) is 0 Å². The number of hydrogen-bond donors (Lipinski definition) is 2.